The molecule has 2 N–H and O–H groups in total. The number of carbonyl (C=O) groups is 2. The number of carboxylic acids is 1. The summed E-state index contributed by atoms with van der Waals surface area (Å²) in [7, 11) is 1.28. The molecule has 1 amide bonds. The molecule has 1 unspecified atom stereocenters. The summed E-state index contributed by atoms with van der Waals surface area (Å²) in [6, 6.07) is 4.91. The van der Waals surface area contributed by atoms with Crippen LogP contribution in [0.15, 0.2) is 26.9 Å². The van der Waals surface area contributed by atoms with E-state index in [1.54, 1.807) is 18.2 Å². The van der Waals surface area contributed by atoms with E-state index in [9.17, 15) is 9.59 Å². The second-order valence-corrected chi connectivity index (χ2v) is 4.27. The molecule has 1 atom stereocenters. The van der Waals surface area contributed by atoms with Crippen LogP contribution in [0, 0.1) is 0 Å². The van der Waals surface area contributed by atoms with Gasteiger partial charge in [-0.1, -0.05) is 0 Å². The molecule has 1 aromatic carbocycles. The molecule has 7 nitrogen and oxygen atoms in total. The van der Waals surface area contributed by atoms with E-state index in [2.05, 4.69) is 14.0 Å². The van der Waals surface area contributed by atoms with Crippen molar-refractivity contribution in [2.24, 2.45) is 8.73 Å². The second kappa shape index (κ2) is 5.72. The van der Waals surface area contributed by atoms with E-state index in [0.717, 1.165) is 17.0 Å². The smallest absolute Gasteiger partial charge is 0.334 e. The molecule has 1 aliphatic heterocycles. The van der Waals surface area contributed by atoms with Crippen LogP contribution < -0.4 is 5.32 Å². The van der Waals surface area contributed by atoms with Crippen molar-refractivity contribution in [3.63, 3.8) is 0 Å². The first kappa shape index (κ1) is 13.4. The van der Waals surface area contributed by atoms with Crippen molar-refractivity contribution in [2.75, 3.05) is 13.7 Å². The molecule has 2 rings (SSSR count). The quantitative estimate of drug-likeness (QED) is 0.861. The van der Waals surface area contributed by atoms with Crippen molar-refractivity contribution < 1.29 is 19.4 Å². The molecule has 1 aromatic rings. The summed E-state index contributed by atoms with van der Waals surface area (Å²) in [6.07, 6.45) is -1.06. The molecule has 100 valence electrons. The Bertz CT molecular complexity index is 596. The predicted octanol–water partition coefficient (Wildman–Crippen LogP) is 1.24. The van der Waals surface area contributed by atoms with Gasteiger partial charge in [-0.2, -0.15) is 8.73 Å². The molecule has 0 saturated carbocycles. The largest absolute Gasteiger partial charge is 0.479 e. The summed E-state index contributed by atoms with van der Waals surface area (Å²) in [5.41, 5.74) is 1.77. The normalized spacial score (nSPS) is 13.5. The molecule has 0 aromatic heterocycles. The maximum absolute atomic E-state index is 11.8. The summed E-state index contributed by atoms with van der Waals surface area (Å²) in [4.78, 5) is 22.6. The zero-order chi connectivity index (χ0) is 13.8. The number of nitrogens with one attached hydrogen (secondary N) is 1. The molecule has 0 aliphatic carbocycles. The van der Waals surface area contributed by atoms with Gasteiger partial charge in [0.2, 0.25) is 0 Å². The molecule has 0 saturated heterocycles. The third-order valence-electron chi connectivity index (χ3n) is 2.52. The molecule has 0 bridgehead atoms. The van der Waals surface area contributed by atoms with Crippen LogP contribution >= 0.6 is 0 Å². The van der Waals surface area contributed by atoms with Gasteiger partial charge in [0.05, 0.1) is 17.9 Å². The minimum Gasteiger partial charge on any atom is -0.479 e. The Kier molecular flexibility index (Phi) is 4.03. The van der Waals surface area contributed by atoms with Crippen LogP contribution in [0.2, 0.25) is 0 Å². The molecule has 1 aliphatic rings. The van der Waals surface area contributed by atoms with Gasteiger partial charge in [0, 0.05) is 12.7 Å². The number of benzene rings is 1. The molecule has 0 radical (unpaired) electrons. The van der Waals surface area contributed by atoms with Crippen molar-refractivity contribution in [3.8, 4) is 0 Å². The SMILES string of the molecule is COC(CNC(=O)c1ccc2c(c1)N=S=N2)C(=O)O. The topological polar surface area (TPSA) is 100 Å². The molecular formula is C11H11N3O4S. The van der Waals surface area contributed by atoms with E-state index in [1.807, 2.05) is 0 Å². The van der Waals surface area contributed by atoms with E-state index in [-0.39, 0.29) is 12.5 Å². The van der Waals surface area contributed by atoms with Crippen molar-refractivity contribution in [1.82, 2.24) is 5.32 Å². The highest BCUT2D eigenvalue weighted by Crippen LogP contribution is 2.31. The van der Waals surface area contributed by atoms with Gasteiger partial charge in [0.25, 0.3) is 5.91 Å². The third-order valence-corrected chi connectivity index (χ3v) is 3.08. The number of hydrogen-bond acceptors (Lipinski definition) is 5. The number of rotatable bonds is 5. The van der Waals surface area contributed by atoms with Gasteiger partial charge in [-0.25, -0.2) is 4.79 Å². The average Bonchev–Trinajstić information content (AvgIpc) is 2.85. The molecule has 0 fully saturated rings. The fourth-order valence-electron chi connectivity index (χ4n) is 1.48. The zero-order valence-corrected chi connectivity index (χ0v) is 10.8. The summed E-state index contributed by atoms with van der Waals surface area (Å²) >= 11 is 1.07. The first-order chi connectivity index (χ1) is 9.11. The van der Waals surface area contributed by atoms with Crippen molar-refractivity contribution in [2.45, 2.75) is 6.10 Å². The van der Waals surface area contributed by atoms with Crippen LogP contribution in [-0.4, -0.2) is 36.7 Å². The van der Waals surface area contributed by atoms with Gasteiger partial charge >= 0.3 is 5.97 Å². The number of aliphatic carboxylic acids is 1. The van der Waals surface area contributed by atoms with Crippen molar-refractivity contribution in [3.05, 3.63) is 23.8 Å². The van der Waals surface area contributed by atoms with Gasteiger partial charge in [-0.15, -0.1) is 0 Å². The zero-order valence-electron chi connectivity index (χ0n) is 9.99. The van der Waals surface area contributed by atoms with E-state index in [4.69, 9.17) is 9.84 Å². The number of ether oxygens (including phenoxy) is 1. The number of hydrogen-bond donors (Lipinski definition) is 2. The minimum atomic E-state index is -1.12. The van der Waals surface area contributed by atoms with Gasteiger partial charge < -0.3 is 15.2 Å². The van der Waals surface area contributed by atoms with Crippen LogP contribution in [0.1, 0.15) is 10.4 Å². The Morgan fingerprint density at radius 3 is 2.84 bits per heavy atom. The Morgan fingerprint density at radius 2 is 2.16 bits per heavy atom. The van der Waals surface area contributed by atoms with Crippen molar-refractivity contribution >= 4 is 34.6 Å². The first-order valence-electron chi connectivity index (χ1n) is 5.38. The van der Waals surface area contributed by atoms with E-state index in [1.165, 1.54) is 7.11 Å². The Morgan fingerprint density at radius 1 is 1.42 bits per heavy atom. The van der Waals surface area contributed by atoms with Crippen LogP contribution in [0.5, 0.6) is 0 Å². The monoisotopic (exact) mass is 281 g/mol. The summed E-state index contributed by atoms with van der Waals surface area (Å²) < 4.78 is 12.8. The van der Waals surface area contributed by atoms with Crippen molar-refractivity contribution in [1.29, 1.82) is 0 Å². The van der Waals surface area contributed by atoms with E-state index in [0.29, 0.717) is 11.3 Å². The second-order valence-electron chi connectivity index (χ2n) is 3.74. The first-order valence-corrected chi connectivity index (χ1v) is 6.11. The maximum atomic E-state index is 11.8. The summed E-state index contributed by atoms with van der Waals surface area (Å²) in [5.74, 6) is -1.50. The van der Waals surface area contributed by atoms with Gasteiger partial charge in [-0.3, -0.25) is 4.79 Å². The summed E-state index contributed by atoms with van der Waals surface area (Å²) in [6.45, 7) is -0.0992. The standard InChI is InChI=1S/C11H11N3O4S/c1-18-9(11(16)17)5-12-10(15)6-2-3-7-8(4-6)14-19-13-7/h2-4,9H,5H2,1H3,(H,12,15)(H,16,17). The number of carboxylic acid groups (broad SMARTS) is 1. The number of fused-ring (bicyclic) bond motifs is 1. The summed E-state index contributed by atoms with van der Waals surface area (Å²) in [5, 5.41) is 11.3. The Hall–Kier alpha value is -2.06. The fraction of sp³-hybridized carbons (Fsp3) is 0.273. The van der Waals surface area contributed by atoms with Crippen LogP contribution in [-0.2, 0) is 20.9 Å². The fourth-order valence-corrected chi connectivity index (χ4v) is 2.00. The molecular weight excluding hydrogens is 270 g/mol. The minimum absolute atomic E-state index is 0.0992. The Balaban J connectivity index is 2.01. The van der Waals surface area contributed by atoms with E-state index < -0.39 is 12.1 Å². The highest BCUT2D eigenvalue weighted by atomic mass is 32.1. The lowest BCUT2D eigenvalue weighted by Gasteiger charge is -2.11. The van der Waals surface area contributed by atoms with Gasteiger partial charge in [0.15, 0.2) is 6.10 Å². The maximum Gasteiger partial charge on any atom is 0.334 e. The number of nitrogens with zero attached hydrogens (tertiary/aromatic N) is 2. The number of carbonyl (C=O) groups excluding carboxylic acids is 1. The lowest BCUT2D eigenvalue weighted by Crippen LogP contribution is -2.37. The third kappa shape index (κ3) is 3.04. The van der Waals surface area contributed by atoms with Crippen LogP contribution in [0.25, 0.3) is 0 Å². The lowest BCUT2D eigenvalue weighted by molar-refractivity contribution is -0.148. The van der Waals surface area contributed by atoms with Crippen LogP contribution in [0.3, 0.4) is 0 Å². The average molecular weight is 281 g/mol. The highest BCUT2D eigenvalue weighted by molar-refractivity contribution is 7.58. The number of amides is 1. The van der Waals surface area contributed by atoms with Gasteiger partial charge in [-0.05, 0) is 18.2 Å². The number of methoxy groups -OCH3 is 1. The molecule has 1 heterocycles. The highest BCUT2D eigenvalue weighted by Gasteiger charge is 2.18. The predicted molar refractivity (Wildman–Crippen MR) is 68.7 cm³/mol. The lowest BCUT2D eigenvalue weighted by atomic mass is 10.1. The van der Waals surface area contributed by atoms with E-state index >= 15 is 0 Å². The molecule has 0 spiro atoms. The Labute approximate surface area is 112 Å². The van der Waals surface area contributed by atoms with Gasteiger partial charge in [0.1, 0.15) is 11.4 Å². The molecule has 8 heteroatoms. The van der Waals surface area contributed by atoms with Crippen LogP contribution in [0.4, 0.5) is 11.4 Å². The molecule has 19 heavy (non-hydrogen) atoms.